The first-order valence-corrected chi connectivity index (χ1v) is 11.4. The van der Waals surface area contributed by atoms with Gasteiger partial charge in [-0.15, -0.1) is 0 Å². The van der Waals surface area contributed by atoms with E-state index in [-0.39, 0.29) is 18.0 Å². The van der Waals surface area contributed by atoms with Crippen LogP contribution in [-0.2, 0) is 9.53 Å². The summed E-state index contributed by atoms with van der Waals surface area (Å²) in [4.78, 5) is 21.1. The number of aromatic nitrogens is 1. The van der Waals surface area contributed by atoms with Gasteiger partial charge in [-0.05, 0) is 36.8 Å². The van der Waals surface area contributed by atoms with Crippen molar-refractivity contribution < 1.29 is 23.0 Å². The zero-order valence-corrected chi connectivity index (χ0v) is 18.8. The van der Waals surface area contributed by atoms with Crippen molar-refractivity contribution in [1.82, 2.24) is 9.88 Å². The van der Waals surface area contributed by atoms with Gasteiger partial charge in [0.2, 0.25) is 0 Å². The molecule has 0 radical (unpaired) electrons. The zero-order valence-electron chi connectivity index (χ0n) is 17.2. The Balaban J connectivity index is 1.49. The molecule has 0 aliphatic carbocycles. The van der Waals surface area contributed by atoms with Crippen LogP contribution in [0.15, 0.2) is 36.4 Å². The van der Waals surface area contributed by atoms with Gasteiger partial charge in [0.15, 0.2) is 17.6 Å². The average molecular weight is 482 g/mol. The molecule has 1 fully saturated rings. The van der Waals surface area contributed by atoms with E-state index in [9.17, 15) is 13.6 Å². The zero-order chi connectivity index (χ0) is 22.5. The van der Waals surface area contributed by atoms with E-state index >= 15 is 0 Å². The Labute approximate surface area is 193 Å². The molecule has 32 heavy (non-hydrogen) atoms. The van der Waals surface area contributed by atoms with Gasteiger partial charge >= 0.3 is 0 Å². The Morgan fingerprint density at radius 2 is 1.97 bits per heavy atom. The number of thiazole rings is 1. The van der Waals surface area contributed by atoms with Crippen LogP contribution in [0.4, 0.5) is 13.9 Å². The number of benzene rings is 2. The van der Waals surface area contributed by atoms with E-state index in [1.165, 1.54) is 11.0 Å². The van der Waals surface area contributed by atoms with E-state index in [0.717, 1.165) is 37.0 Å². The number of morpholine rings is 1. The highest BCUT2D eigenvalue weighted by Gasteiger charge is 2.22. The Bertz CT molecular complexity index is 1070. The molecule has 2 aromatic carbocycles. The number of rotatable bonds is 8. The van der Waals surface area contributed by atoms with Gasteiger partial charge in [-0.3, -0.25) is 14.6 Å². The maximum Gasteiger partial charge on any atom is 0.266 e. The fourth-order valence-corrected chi connectivity index (χ4v) is 4.59. The first kappa shape index (κ1) is 22.8. The number of carbonyl (C=O) groups is 1. The average Bonchev–Trinajstić information content (AvgIpc) is 3.21. The Hall–Kier alpha value is -2.33. The largest absolute Gasteiger partial charge is 0.484 e. The second-order valence-electron chi connectivity index (χ2n) is 7.33. The highest BCUT2D eigenvalue weighted by atomic mass is 35.5. The van der Waals surface area contributed by atoms with Gasteiger partial charge in [-0.25, -0.2) is 13.8 Å². The lowest BCUT2D eigenvalue weighted by atomic mass is 10.3. The van der Waals surface area contributed by atoms with Crippen molar-refractivity contribution in [3.63, 3.8) is 0 Å². The number of halogens is 3. The molecule has 10 heteroatoms. The third-order valence-electron chi connectivity index (χ3n) is 5.07. The predicted molar refractivity (Wildman–Crippen MR) is 121 cm³/mol. The van der Waals surface area contributed by atoms with Crippen molar-refractivity contribution in [1.29, 1.82) is 0 Å². The minimum absolute atomic E-state index is 0.0519. The van der Waals surface area contributed by atoms with Gasteiger partial charge in [-0.2, -0.15) is 0 Å². The van der Waals surface area contributed by atoms with Gasteiger partial charge < -0.3 is 9.47 Å². The van der Waals surface area contributed by atoms with Crippen LogP contribution in [-0.4, -0.2) is 61.8 Å². The van der Waals surface area contributed by atoms with Gasteiger partial charge in [0, 0.05) is 37.3 Å². The van der Waals surface area contributed by atoms with Crippen molar-refractivity contribution in [2.75, 3.05) is 50.9 Å². The SMILES string of the molecule is O=C(COc1ccc(Cl)cc1)N(CCCN1CCOCC1)c1nc2c(F)cc(F)cc2s1. The maximum absolute atomic E-state index is 14.2. The summed E-state index contributed by atoms with van der Waals surface area (Å²) in [6.07, 6.45) is 0.694. The summed E-state index contributed by atoms with van der Waals surface area (Å²) in [5.74, 6) is -1.24. The lowest BCUT2D eigenvalue weighted by molar-refractivity contribution is -0.120. The molecule has 1 aliphatic heterocycles. The van der Waals surface area contributed by atoms with Crippen molar-refractivity contribution in [3.8, 4) is 5.75 Å². The molecule has 3 aromatic rings. The molecule has 0 bridgehead atoms. The van der Waals surface area contributed by atoms with E-state index in [4.69, 9.17) is 21.1 Å². The number of nitrogens with zero attached hydrogens (tertiary/aromatic N) is 3. The van der Waals surface area contributed by atoms with E-state index in [2.05, 4.69) is 9.88 Å². The monoisotopic (exact) mass is 481 g/mol. The van der Waals surface area contributed by atoms with Crippen LogP contribution in [0.2, 0.25) is 5.02 Å². The highest BCUT2D eigenvalue weighted by Crippen LogP contribution is 2.31. The number of carbonyl (C=O) groups excluding carboxylic acids is 1. The molecule has 1 saturated heterocycles. The quantitative estimate of drug-likeness (QED) is 0.478. The Morgan fingerprint density at radius 1 is 1.22 bits per heavy atom. The summed E-state index contributed by atoms with van der Waals surface area (Å²) in [6, 6.07) is 8.71. The van der Waals surface area contributed by atoms with Crippen molar-refractivity contribution in [2.24, 2.45) is 0 Å². The second-order valence-corrected chi connectivity index (χ2v) is 8.77. The first-order chi connectivity index (χ1) is 15.5. The number of anilines is 1. The maximum atomic E-state index is 14.2. The molecule has 0 atom stereocenters. The van der Waals surface area contributed by atoms with Crippen LogP contribution < -0.4 is 9.64 Å². The van der Waals surface area contributed by atoms with Crippen LogP contribution in [0.25, 0.3) is 10.2 Å². The minimum Gasteiger partial charge on any atom is -0.484 e. The molecule has 0 saturated carbocycles. The number of ether oxygens (including phenoxy) is 2. The summed E-state index contributed by atoms with van der Waals surface area (Å²) in [5, 5.41) is 0.883. The first-order valence-electron chi connectivity index (χ1n) is 10.2. The predicted octanol–water partition coefficient (Wildman–Crippen LogP) is 4.36. The summed E-state index contributed by atoms with van der Waals surface area (Å²) >= 11 is 6.96. The fraction of sp³-hybridized carbons (Fsp3) is 0.364. The third-order valence-corrected chi connectivity index (χ3v) is 6.35. The summed E-state index contributed by atoms with van der Waals surface area (Å²) < 4.78 is 39.1. The van der Waals surface area contributed by atoms with E-state index in [0.29, 0.717) is 46.8 Å². The molecule has 6 nitrogen and oxygen atoms in total. The summed E-state index contributed by atoms with van der Waals surface area (Å²) in [6.45, 7) is 4.04. The highest BCUT2D eigenvalue weighted by molar-refractivity contribution is 7.22. The van der Waals surface area contributed by atoms with Gasteiger partial charge in [0.05, 0.1) is 17.9 Å². The van der Waals surface area contributed by atoms with Gasteiger partial charge in [0.1, 0.15) is 17.1 Å². The fourth-order valence-electron chi connectivity index (χ4n) is 3.42. The molecular weight excluding hydrogens is 460 g/mol. The Morgan fingerprint density at radius 3 is 2.72 bits per heavy atom. The van der Waals surface area contributed by atoms with Gasteiger partial charge in [-0.1, -0.05) is 22.9 Å². The van der Waals surface area contributed by atoms with Crippen LogP contribution in [0, 0.1) is 11.6 Å². The van der Waals surface area contributed by atoms with Crippen LogP contribution in [0.3, 0.4) is 0 Å². The van der Waals surface area contributed by atoms with Crippen molar-refractivity contribution in [3.05, 3.63) is 53.1 Å². The number of fused-ring (bicyclic) bond motifs is 1. The lowest BCUT2D eigenvalue weighted by Crippen LogP contribution is -2.40. The van der Waals surface area contributed by atoms with Crippen LogP contribution >= 0.6 is 22.9 Å². The third kappa shape index (κ3) is 5.72. The van der Waals surface area contributed by atoms with E-state index in [1.54, 1.807) is 24.3 Å². The van der Waals surface area contributed by atoms with Crippen molar-refractivity contribution >= 4 is 44.2 Å². The smallest absolute Gasteiger partial charge is 0.266 e. The molecule has 0 spiro atoms. The number of hydrogen-bond donors (Lipinski definition) is 0. The normalized spacial score (nSPS) is 14.6. The van der Waals surface area contributed by atoms with Crippen LogP contribution in [0.1, 0.15) is 6.42 Å². The van der Waals surface area contributed by atoms with Crippen molar-refractivity contribution in [2.45, 2.75) is 6.42 Å². The molecule has 4 rings (SSSR count). The lowest BCUT2D eigenvalue weighted by Gasteiger charge is -2.27. The summed E-state index contributed by atoms with van der Waals surface area (Å²) in [7, 11) is 0. The standard InChI is InChI=1S/C22H22ClF2N3O3S/c23-15-2-4-17(5-3-15)31-14-20(29)28(7-1-6-27-8-10-30-11-9-27)22-26-21-18(25)12-16(24)13-19(21)32-22/h2-5,12-13H,1,6-11,14H2. The molecule has 0 N–H and O–H groups in total. The van der Waals surface area contributed by atoms with Gasteiger partial charge in [0.25, 0.3) is 5.91 Å². The Kier molecular flexibility index (Phi) is 7.51. The molecule has 0 unspecified atom stereocenters. The summed E-state index contributed by atoms with van der Waals surface area (Å²) in [5.41, 5.74) is 0.0519. The molecule has 1 aromatic heterocycles. The second kappa shape index (κ2) is 10.5. The number of amides is 1. The molecule has 170 valence electrons. The molecule has 1 aliphatic rings. The minimum atomic E-state index is -0.749. The van der Waals surface area contributed by atoms with E-state index in [1.807, 2.05) is 0 Å². The van der Waals surface area contributed by atoms with E-state index < -0.39 is 11.6 Å². The topological polar surface area (TPSA) is 54.9 Å². The van der Waals surface area contributed by atoms with Crippen LogP contribution in [0.5, 0.6) is 5.75 Å². The molecule has 2 heterocycles. The molecule has 1 amide bonds. The number of hydrogen-bond acceptors (Lipinski definition) is 6. The molecular formula is C22H22ClF2N3O3S.